The van der Waals surface area contributed by atoms with Crippen molar-refractivity contribution in [2.24, 2.45) is 0 Å². The first-order valence-corrected chi connectivity index (χ1v) is 10.2. The van der Waals surface area contributed by atoms with E-state index in [4.69, 9.17) is 14.2 Å². The number of carbonyl (C=O) groups excluding carboxylic acids is 2. The predicted molar refractivity (Wildman–Crippen MR) is 115 cm³/mol. The summed E-state index contributed by atoms with van der Waals surface area (Å²) in [5.74, 6) is 0.420. The van der Waals surface area contributed by atoms with Gasteiger partial charge in [-0.05, 0) is 43.2 Å². The van der Waals surface area contributed by atoms with Crippen LogP contribution in [0.1, 0.15) is 23.6 Å². The number of allylic oxidation sites excluding steroid dienone is 1. The lowest BCUT2D eigenvalue weighted by molar-refractivity contribution is -0.136. The first-order valence-electron chi connectivity index (χ1n) is 9.37. The molecule has 154 valence electrons. The molecule has 0 N–H and O–H groups in total. The number of halogens is 1. The molecule has 0 atom stereocenters. The van der Waals surface area contributed by atoms with Crippen LogP contribution in [-0.4, -0.2) is 30.7 Å². The Bertz CT molecular complexity index is 1100. The van der Waals surface area contributed by atoms with Gasteiger partial charge in [-0.25, -0.2) is 4.79 Å². The molecule has 0 bridgehead atoms. The van der Waals surface area contributed by atoms with Gasteiger partial charge in [0.2, 0.25) is 6.79 Å². The summed E-state index contributed by atoms with van der Waals surface area (Å²) >= 11 is 3.50. The molecule has 0 aromatic heterocycles. The molecule has 0 spiro atoms. The molecule has 0 saturated heterocycles. The Morgan fingerprint density at radius 1 is 1.17 bits per heavy atom. The fraction of sp³-hybridized carbons (Fsp3) is 0.217. The highest BCUT2D eigenvalue weighted by Gasteiger charge is 2.37. The molecule has 6 nitrogen and oxygen atoms in total. The molecule has 2 heterocycles. The highest BCUT2D eigenvalue weighted by molar-refractivity contribution is 9.10. The summed E-state index contributed by atoms with van der Waals surface area (Å²) in [5, 5.41) is 0. The number of amides is 1. The van der Waals surface area contributed by atoms with Crippen LogP contribution in [0.3, 0.4) is 0 Å². The number of esters is 1. The number of fused-ring (bicyclic) bond motifs is 1. The van der Waals surface area contributed by atoms with Crippen LogP contribution in [-0.2, 0) is 20.9 Å². The van der Waals surface area contributed by atoms with Crippen molar-refractivity contribution in [2.45, 2.75) is 20.4 Å². The second kappa shape index (κ2) is 7.99. The molecule has 2 aromatic carbocycles. The van der Waals surface area contributed by atoms with E-state index in [0.717, 1.165) is 15.6 Å². The summed E-state index contributed by atoms with van der Waals surface area (Å²) in [6, 6.07) is 11.5. The fourth-order valence-corrected chi connectivity index (χ4v) is 3.93. The van der Waals surface area contributed by atoms with Gasteiger partial charge >= 0.3 is 5.97 Å². The van der Waals surface area contributed by atoms with Crippen LogP contribution < -0.4 is 9.47 Å². The topological polar surface area (TPSA) is 65.1 Å². The van der Waals surface area contributed by atoms with Crippen molar-refractivity contribution in [3.63, 3.8) is 0 Å². The third-order valence-electron chi connectivity index (χ3n) is 5.15. The minimum Gasteiger partial charge on any atom is -0.465 e. The van der Waals surface area contributed by atoms with Gasteiger partial charge in [0.25, 0.3) is 5.91 Å². The minimum absolute atomic E-state index is 0.150. The summed E-state index contributed by atoms with van der Waals surface area (Å²) in [6.45, 7) is 4.28. The number of hydrogen-bond acceptors (Lipinski definition) is 5. The molecule has 2 aliphatic heterocycles. The minimum atomic E-state index is -0.546. The molecule has 30 heavy (non-hydrogen) atoms. The number of methoxy groups -OCH3 is 1. The average molecular weight is 470 g/mol. The van der Waals surface area contributed by atoms with Crippen LogP contribution in [0.2, 0.25) is 0 Å². The van der Waals surface area contributed by atoms with Gasteiger partial charge in [0.15, 0.2) is 11.5 Å². The Kier molecular flexibility index (Phi) is 5.39. The van der Waals surface area contributed by atoms with E-state index in [-0.39, 0.29) is 23.8 Å². The molecule has 2 aliphatic rings. The van der Waals surface area contributed by atoms with E-state index in [9.17, 15) is 9.59 Å². The fourth-order valence-electron chi connectivity index (χ4n) is 3.49. The van der Waals surface area contributed by atoms with Crippen molar-refractivity contribution in [1.29, 1.82) is 0 Å². The normalized spacial score (nSPS) is 16.6. The van der Waals surface area contributed by atoms with Gasteiger partial charge in [-0.2, -0.15) is 0 Å². The molecule has 0 unspecified atom stereocenters. The van der Waals surface area contributed by atoms with Crippen LogP contribution in [0.5, 0.6) is 11.5 Å². The summed E-state index contributed by atoms with van der Waals surface area (Å²) in [7, 11) is 1.31. The van der Waals surface area contributed by atoms with Crippen LogP contribution in [0, 0.1) is 6.92 Å². The molecular formula is C23H20BrNO5. The molecule has 4 rings (SSSR count). The third-order valence-corrected chi connectivity index (χ3v) is 5.84. The van der Waals surface area contributed by atoms with E-state index in [1.165, 1.54) is 7.11 Å². The summed E-state index contributed by atoms with van der Waals surface area (Å²) in [6.07, 6.45) is 1.68. The largest absolute Gasteiger partial charge is 0.465 e. The summed E-state index contributed by atoms with van der Waals surface area (Å²) < 4.78 is 16.5. The molecule has 0 radical (unpaired) electrons. The molecule has 0 saturated carbocycles. The van der Waals surface area contributed by atoms with E-state index in [2.05, 4.69) is 15.9 Å². The zero-order valence-electron chi connectivity index (χ0n) is 16.8. The number of nitrogens with zero attached hydrogens (tertiary/aromatic N) is 1. The molecule has 0 fully saturated rings. The van der Waals surface area contributed by atoms with Gasteiger partial charge in [0, 0.05) is 10.2 Å². The maximum Gasteiger partial charge on any atom is 0.340 e. The standard InChI is InChI=1S/C23H20BrNO5/c1-13-4-6-15(7-5-13)11-25-14(2)21(23(27)28-3)17(22(25)26)8-16-9-19-20(10-18(16)24)30-12-29-19/h4-10H,11-12H2,1-3H3/b17-8+. The molecule has 0 aliphatic carbocycles. The first-order chi connectivity index (χ1) is 14.4. The van der Waals surface area contributed by atoms with Crippen molar-refractivity contribution >= 4 is 33.9 Å². The molecule has 1 amide bonds. The van der Waals surface area contributed by atoms with Gasteiger partial charge < -0.3 is 19.1 Å². The molecule has 7 heteroatoms. The van der Waals surface area contributed by atoms with Gasteiger partial charge in [0.05, 0.1) is 24.8 Å². The smallest absolute Gasteiger partial charge is 0.340 e. The lowest BCUT2D eigenvalue weighted by Gasteiger charge is -2.18. The highest BCUT2D eigenvalue weighted by atomic mass is 79.9. The Balaban J connectivity index is 1.75. The summed E-state index contributed by atoms with van der Waals surface area (Å²) in [5.41, 5.74) is 3.93. The quantitative estimate of drug-likeness (QED) is 0.491. The Labute approximate surface area is 182 Å². The second-order valence-corrected chi connectivity index (χ2v) is 7.97. The molecular weight excluding hydrogens is 450 g/mol. The van der Waals surface area contributed by atoms with Crippen molar-refractivity contribution < 1.29 is 23.8 Å². The lowest BCUT2D eigenvalue weighted by Crippen LogP contribution is -2.24. The third kappa shape index (κ3) is 3.61. The van der Waals surface area contributed by atoms with Gasteiger partial charge in [-0.3, -0.25) is 4.79 Å². The monoisotopic (exact) mass is 469 g/mol. The van der Waals surface area contributed by atoms with E-state index in [1.54, 1.807) is 30.0 Å². The molecule has 2 aromatic rings. The second-order valence-electron chi connectivity index (χ2n) is 7.11. The van der Waals surface area contributed by atoms with Crippen molar-refractivity contribution in [2.75, 3.05) is 13.9 Å². The number of hydrogen-bond donors (Lipinski definition) is 0. The lowest BCUT2D eigenvalue weighted by atomic mass is 10.0. The predicted octanol–water partition coefficient (Wildman–Crippen LogP) is 4.36. The Morgan fingerprint density at radius 2 is 1.83 bits per heavy atom. The number of ether oxygens (including phenoxy) is 3. The van der Waals surface area contributed by atoms with Crippen LogP contribution in [0.15, 0.2) is 57.7 Å². The van der Waals surface area contributed by atoms with E-state index in [1.807, 2.05) is 31.2 Å². The van der Waals surface area contributed by atoms with Gasteiger partial charge in [-0.1, -0.05) is 45.8 Å². The Hall–Kier alpha value is -3.06. The summed E-state index contributed by atoms with van der Waals surface area (Å²) in [4.78, 5) is 27.4. The number of benzene rings is 2. The maximum absolute atomic E-state index is 13.3. The average Bonchev–Trinajstić information content (AvgIpc) is 3.27. The number of aryl methyl sites for hydroxylation is 1. The Morgan fingerprint density at radius 3 is 2.50 bits per heavy atom. The first kappa shape index (κ1) is 20.2. The van der Waals surface area contributed by atoms with Crippen LogP contribution in [0.4, 0.5) is 0 Å². The zero-order chi connectivity index (χ0) is 21.4. The van der Waals surface area contributed by atoms with Gasteiger partial charge in [-0.15, -0.1) is 0 Å². The highest BCUT2D eigenvalue weighted by Crippen LogP contribution is 2.39. The zero-order valence-corrected chi connectivity index (χ0v) is 18.4. The van der Waals surface area contributed by atoms with Crippen molar-refractivity contribution in [3.8, 4) is 11.5 Å². The number of carbonyl (C=O) groups is 2. The van der Waals surface area contributed by atoms with E-state index in [0.29, 0.717) is 29.3 Å². The number of rotatable bonds is 4. The van der Waals surface area contributed by atoms with Crippen molar-refractivity contribution in [1.82, 2.24) is 4.90 Å². The van der Waals surface area contributed by atoms with E-state index < -0.39 is 5.97 Å². The SMILES string of the molecule is COC(=O)C1=C(C)N(Cc2ccc(C)cc2)C(=O)/C1=C/c1cc2c(cc1Br)OCO2. The maximum atomic E-state index is 13.3. The van der Waals surface area contributed by atoms with E-state index >= 15 is 0 Å². The van der Waals surface area contributed by atoms with Crippen LogP contribution >= 0.6 is 15.9 Å². The van der Waals surface area contributed by atoms with Gasteiger partial charge in [0.1, 0.15) is 0 Å². The van der Waals surface area contributed by atoms with Crippen LogP contribution in [0.25, 0.3) is 6.08 Å². The van der Waals surface area contributed by atoms with Crippen molar-refractivity contribution in [3.05, 3.63) is 74.4 Å².